The third kappa shape index (κ3) is 2.98. The van der Waals surface area contributed by atoms with Crippen LogP contribution in [0.25, 0.3) is 0 Å². The Balaban J connectivity index is 1.75. The summed E-state index contributed by atoms with van der Waals surface area (Å²) in [5.74, 6) is -0.637. The lowest BCUT2D eigenvalue weighted by molar-refractivity contribution is -0.214. The topological polar surface area (TPSA) is 51.2 Å². The molecule has 0 radical (unpaired) electrons. The lowest BCUT2D eigenvalue weighted by Gasteiger charge is -2.31. The molecule has 1 aromatic rings. The lowest BCUT2D eigenvalue weighted by Crippen LogP contribution is -2.47. The van der Waals surface area contributed by atoms with Crippen LogP contribution in [-0.2, 0) is 20.8 Å². The summed E-state index contributed by atoms with van der Waals surface area (Å²) >= 11 is 0. The molecule has 21 heavy (non-hydrogen) atoms. The number of likely N-dealkylation sites (N-methyl/N-ethyl adjacent to an activating group) is 1. The standard InChI is InChI=1S/C16H23NO4/c1-16(2)20-14-13(12(10-18)19-15(14)21-16)17(3)9-11-7-5-4-6-8-11/h4-8,12-15,18H,9-10H2,1-3H3. The summed E-state index contributed by atoms with van der Waals surface area (Å²) in [5.41, 5.74) is 1.22. The summed E-state index contributed by atoms with van der Waals surface area (Å²) < 4.78 is 17.5. The van der Waals surface area contributed by atoms with E-state index in [1.165, 1.54) is 5.56 Å². The van der Waals surface area contributed by atoms with Crippen LogP contribution in [0.1, 0.15) is 19.4 Å². The van der Waals surface area contributed by atoms with E-state index in [-0.39, 0.29) is 24.9 Å². The molecule has 2 aliphatic heterocycles. The number of nitrogens with zero attached hydrogens (tertiary/aromatic N) is 1. The van der Waals surface area contributed by atoms with Crippen LogP contribution >= 0.6 is 0 Å². The third-order valence-corrected chi connectivity index (χ3v) is 4.08. The van der Waals surface area contributed by atoms with Gasteiger partial charge in [-0.1, -0.05) is 30.3 Å². The Hall–Kier alpha value is -0.980. The Morgan fingerprint density at radius 1 is 1.19 bits per heavy atom. The van der Waals surface area contributed by atoms with E-state index in [0.717, 1.165) is 6.54 Å². The molecule has 3 rings (SSSR count). The van der Waals surface area contributed by atoms with E-state index in [1.807, 2.05) is 39.1 Å². The predicted octanol–water partition coefficient (Wildman–Crippen LogP) is 1.36. The first-order valence-electron chi connectivity index (χ1n) is 7.36. The average molecular weight is 293 g/mol. The van der Waals surface area contributed by atoms with Crippen molar-refractivity contribution >= 4 is 0 Å². The molecule has 1 aromatic carbocycles. The van der Waals surface area contributed by atoms with Crippen molar-refractivity contribution in [2.24, 2.45) is 0 Å². The zero-order valence-corrected chi connectivity index (χ0v) is 12.7. The Bertz CT molecular complexity index is 478. The van der Waals surface area contributed by atoms with E-state index in [9.17, 15) is 5.11 Å². The largest absolute Gasteiger partial charge is 0.394 e. The number of aliphatic hydroxyl groups excluding tert-OH is 1. The van der Waals surface area contributed by atoms with Crippen LogP contribution in [0.4, 0.5) is 0 Å². The second kappa shape index (κ2) is 5.66. The second-order valence-corrected chi connectivity index (χ2v) is 6.22. The second-order valence-electron chi connectivity index (χ2n) is 6.22. The molecule has 0 bridgehead atoms. The molecule has 2 saturated heterocycles. The van der Waals surface area contributed by atoms with E-state index in [2.05, 4.69) is 17.0 Å². The zero-order valence-electron chi connectivity index (χ0n) is 12.7. The van der Waals surface area contributed by atoms with Gasteiger partial charge < -0.3 is 19.3 Å². The first-order chi connectivity index (χ1) is 10.00. The van der Waals surface area contributed by atoms with Gasteiger partial charge in [-0.25, -0.2) is 0 Å². The Morgan fingerprint density at radius 3 is 2.57 bits per heavy atom. The minimum absolute atomic E-state index is 0.0259. The molecule has 4 unspecified atom stereocenters. The van der Waals surface area contributed by atoms with E-state index in [1.54, 1.807) is 0 Å². The monoisotopic (exact) mass is 293 g/mol. The fourth-order valence-corrected chi connectivity index (χ4v) is 3.22. The van der Waals surface area contributed by atoms with Crippen molar-refractivity contribution in [3.63, 3.8) is 0 Å². The number of rotatable bonds is 4. The predicted molar refractivity (Wildman–Crippen MR) is 77.5 cm³/mol. The highest BCUT2D eigenvalue weighted by atomic mass is 16.8. The van der Waals surface area contributed by atoms with Gasteiger partial charge in [0, 0.05) is 6.54 Å². The molecule has 0 amide bonds. The quantitative estimate of drug-likeness (QED) is 0.908. The molecule has 116 valence electrons. The van der Waals surface area contributed by atoms with Crippen LogP contribution in [0, 0.1) is 0 Å². The molecule has 2 aliphatic rings. The fourth-order valence-electron chi connectivity index (χ4n) is 3.22. The van der Waals surface area contributed by atoms with Crippen LogP contribution in [0.3, 0.4) is 0 Å². The van der Waals surface area contributed by atoms with Gasteiger partial charge in [0.05, 0.1) is 12.6 Å². The minimum atomic E-state index is -0.637. The normalized spacial score (nSPS) is 34.3. The smallest absolute Gasteiger partial charge is 0.189 e. The van der Waals surface area contributed by atoms with E-state index >= 15 is 0 Å². The van der Waals surface area contributed by atoms with Crippen molar-refractivity contribution in [2.45, 2.75) is 50.7 Å². The van der Waals surface area contributed by atoms with E-state index < -0.39 is 12.1 Å². The molecule has 5 nitrogen and oxygen atoms in total. The molecule has 0 saturated carbocycles. The maximum atomic E-state index is 9.57. The summed E-state index contributed by atoms with van der Waals surface area (Å²) in [6.07, 6.45) is -0.865. The highest BCUT2D eigenvalue weighted by molar-refractivity contribution is 5.15. The molecular formula is C16H23NO4. The number of hydrogen-bond acceptors (Lipinski definition) is 5. The molecule has 0 aliphatic carbocycles. The maximum Gasteiger partial charge on any atom is 0.189 e. The minimum Gasteiger partial charge on any atom is -0.394 e. The van der Waals surface area contributed by atoms with E-state index in [0.29, 0.717) is 0 Å². The van der Waals surface area contributed by atoms with Gasteiger partial charge >= 0.3 is 0 Å². The Labute approximate surface area is 125 Å². The van der Waals surface area contributed by atoms with Crippen molar-refractivity contribution < 1.29 is 19.3 Å². The van der Waals surface area contributed by atoms with Crippen LogP contribution in [-0.4, -0.2) is 54.0 Å². The first-order valence-corrected chi connectivity index (χ1v) is 7.36. The van der Waals surface area contributed by atoms with Crippen LogP contribution in [0.15, 0.2) is 30.3 Å². The summed E-state index contributed by atoms with van der Waals surface area (Å²) in [7, 11) is 2.03. The number of benzene rings is 1. The van der Waals surface area contributed by atoms with E-state index in [4.69, 9.17) is 14.2 Å². The fraction of sp³-hybridized carbons (Fsp3) is 0.625. The van der Waals surface area contributed by atoms with Gasteiger partial charge in [-0.15, -0.1) is 0 Å². The SMILES string of the molecule is CN(Cc1ccccc1)C1C(CO)OC2OC(C)(C)OC21. The summed E-state index contributed by atoms with van der Waals surface area (Å²) in [6.45, 7) is 4.51. The lowest BCUT2D eigenvalue weighted by atomic mass is 10.1. The zero-order chi connectivity index (χ0) is 15.0. The molecule has 1 N–H and O–H groups in total. The van der Waals surface area contributed by atoms with Crippen LogP contribution in [0.2, 0.25) is 0 Å². The molecule has 2 heterocycles. The average Bonchev–Trinajstić information content (AvgIpc) is 2.90. The maximum absolute atomic E-state index is 9.57. The molecule has 0 spiro atoms. The number of ether oxygens (including phenoxy) is 3. The van der Waals surface area contributed by atoms with Crippen molar-refractivity contribution in [3.05, 3.63) is 35.9 Å². The van der Waals surface area contributed by atoms with Crippen LogP contribution in [0.5, 0.6) is 0 Å². The number of fused-ring (bicyclic) bond motifs is 1. The summed E-state index contributed by atoms with van der Waals surface area (Å²) in [5, 5.41) is 9.57. The molecular weight excluding hydrogens is 270 g/mol. The number of hydrogen-bond donors (Lipinski definition) is 1. The highest BCUT2D eigenvalue weighted by Gasteiger charge is 2.55. The molecule has 5 heteroatoms. The molecule has 2 fully saturated rings. The number of aliphatic hydroxyl groups is 1. The Morgan fingerprint density at radius 2 is 1.90 bits per heavy atom. The van der Waals surface area contributed by atoms with Gasteiger partial charge in [0.15, 0.2) is 12.1 Å². The van der Waals surface area contributed by atoms with Crippen molar-refractivity contribution in [2.75, 3.05) is 13.7 Å². The van der Waals surface area contributed by atoms with Crippen molar-refractivity contribution in [3.8, 4) is 0 Å². The van der Waals surface area contributed by atoms with Gasteiger partial charge in [0.2, 0.25) is 0 Å². The summed E-state index contributed by atoms with van der Waals surface area (Å²) in [4.78, 5) is 2.17. The third-order valence-electron chi connectivity index (χ3n) is 4.08. The Kier molecular flexibility index (Phi) is 4.03. The highest BCUT2D eigenvalue weighted by Crippen LogP contribution is 2.39. The van der Waals surface area contributed by atoms with Crippen LogP contribution < -0.4 is 0 Å². The van der Waals surface area contributed by atoms with Gasteiger partial charge in [0.1, 0.15) is 12.2 Å². The van der Waals surface area contributed by atoms with Gasteiger partial charge in [0.25, 0.3) is 0 Å². The molecule has 0 aromatic heterocycles. The van der Waals surface area contributed by atoms with Gasteiger partial charge in [-0.05, 0) is 26.5 Å². The van der Waals surface area contributed by atoms with Crippen molar-refractivity contribution in [1.82, 2.24) is 4.90 Å². The van der Waals surface area contributed by atoms with Gasteiger partial charge in [-0.2, -0.15) is 0 Å². The first kappa shape index (κ1) is 14.9. The van der Waals surface area contributed by atoms with Gasteiger partial charge in [-0.3, -0.25) is 4.90 Å². The molecule has 4 atom stereocenters. The van der Waals surface area contributed by atoms with Crippen molar-refractivity contribution in [1.29, 1.82) is 0 Å². The summed E-state index contributed by atoms with van der Waals surface area (Å²) in [6, 6.07) is 10.2.